The molecule has 25 heavy (non-hydrogen) atoms. The van der Waals surface area contributed by atoms with Gasteiger partial charge in [0.05, 0.1) is 6.04 Å². The van der Waals surface area contributed by atoms with Crippen LogP contribution in [0.4, 0.5) is 9.52 Å². The molecule has 1 amide bonds. The Kier molecular flexibility index (Phi) is 6.06. The second-order valence-corrected chi connectivity index (χ2v) is 6.80. The van der Waals surface area contributed by atoms with Crippen molar-refractivity contribution in [3.8, 4) is 0 Å². The van der Waals surface area contributed by atoms with E-state index in [1.807, 2.05) is 0 Å². The van der Waals surface area contributed by atoms with Crippen molar-refractivity contribution >= 4 is 22.6 Å². The first kappa shape index (κ1) is 17.9. The van der Waals surface area contributed by atoms with Crippen molar-refractivity contribution in [2.45, 2.75) is 38.5 Å². The number of likely N-dealkylation sites (tertiary alicyclic amines) is 1. The molecule has 6 nitrogen and oxygen atoms in total. The molecular weight excluding hydrogens is 343 g/mol. The lowest BCUT2D eigenvalue weighted by atomic mass is 10.0. The predicted molar refractivity (Wildman–Crippen MR) is 93.7 cm³/mol. The largest absolute Gasteiger partial charge is 0.377 e. The van der Waals surface area contributed by atoms with Gasteiger partial charge in [0, 0.05) is 25.2 Å². The highest BCUT2D eigenvalue weighted by Crippen LogP contribution is 2.22. The van der Waals surface area contributed by atoms with E-state index in [-0.39, 0.29) is 17.8 Å². The zero-order valence-corrected chi connectivity index (χ0v) is 14.9. The van der Waals surface area contributed by atoms with E-state index in [0.29, 0.717) is 24.1 Å². The number of carbonyl (C=O) groups excluding carboxylic acids is 1. The quantitative estimate of drug-likeness (QED) is 0.854. The van der Waals surface area contributed by atoms with Crippen molar-refractivity contribution in [2.24, 2.45) is 0 Å². The summed E-state index contributed by atoms with van der Waals surface area (Å²) in [5.41, 5.74) is 0.999. The van der Waals surface area contributed by atoms with Crippen molar-refractivity contribution in [3.05, 3.63) is 41.5 Å². The minimum atomic E-state index is -0.250. The highest BCUT2D eigenvalue weighted by atomic mass is 32.1. The normalized spacial score (nSPS) is 18.2. The van der Waals surface area contributed by atoms with Crippen LogP contribution in [0.15, 0.2) is 24.3 Å². The molecular formula is C17H21FN4O2S. The van der Waals surface area contributed by atoms with Gasteiger partial charge in [-0.15, -0.1) is 0 Å². The Morgan fingerprint density at radius 1 is 1.40 bits per heavy atom. The number of aromatic nitrogens is 2. The van der Waals surface area contributed by atoms with Crippen molar-refractivity contribution in [1.29, 1.82) is 0 Å². The van der Waals surface area contributed by atoms with E-state index in [9.17, 15) is 9.18 Å². The number of carbonyl (C=O) groups is 1. The van der Waals surface area contributed by atoms with Crippen LogP contribution in [0.3, 0.4) is 0 Å². The van der Waals surface area contributed by atoms with Gasteiger partial charge < -0.3 is 4.74 Å². The highest BCUT2D eigenvalue weighted by molar-refractivity contribution is 7.09. The molecule has 0 aliphatic carbocycles. The fraction of sp³-hybridized carbons (Fsp3) is 0.471. The molecule has 1 aliphatic heterocycles. The molecule has 3 rings (SSSR count). The van der Waals surface area contributed by atoms with Crippen LogP contribution in [0.2, 0.25) is 0 Å². The summed E-state index contributed by atoms with van der Waals surface area (Å²) < 4.78 is 22.2. The van der Waals surface area contributed by atoms with Crippen molar-refractivity contribution < 1.29 is 13.9 Å². The summed E-state index contributed by atoms with van der Waals surface area (Å²) in [6.45, 7) is 1.80. The minimum absolute atomic E-state index is 0.0677. The van der Waals surface area contributed by atoms with Crippen LogP contribution in [0.25, 0.3) is 0 Å². The molecule has 1 aromatic heterocycles. The number of nitrogens with zero attached hydrogens (tertiary/aromatic N) is 3. The molecule has 1 aliphatic rings. The smallest absolute Gasteiger partial charge is 0.243 e. The number of hydrogen-bond acceptors (Lipinski definition) is 6. The fourth-order valence-corrected chi connectivity index (χ4v) is 3.56. The van der Waals surface area contributed by atoms with Gasteiger partial charge in [-0.05, 0) is 37.1 Å². The summed E-state index contributed by atoms with van der Waals surface area (Å²) in [6.07, 6.45) is 2.88. The zero-order chi connectivity index (χ0) is 17.6. The zero-order valence-electron chi connectivity index (χ0n) is 14.1. The van der Waals surface area contributed by atoms with E-state index in [4.69, 9.17) is 4.74 Å². The average molecular weight is 364 g/mol. The van der Waals surface area contributed by atoms with Gasteiger partial charge in [0.25, 0.3) is 0 Å². The maximum Gasteiger partial charge on any atom is 0.243 e. The Morgan fingerprint density at radius 2 is 2.20 bits per heavy atom. The van der Waals surface area contributed by atoms with Crippen molar-refractivity contribution in [3.63, 3.8) is 0 Å². The molecule has 1 aromatic carbocycles. The topological polar surface area (TPSA) is 67.3 Å². The van der Waals surface area contributed by atoms with Crippen molar-refractivity contribution in [1.82, 2.24) is 14.3 Å². The van der Waals surface area contributed by atoms with Crippen LogP contribution in [0.5, 0.6) is 0 Å². The number of amides is 1. The maximum absolute atomic E-state index is 13.1. The summed E-state index contributed by atoms with van der Waals surface area (Å²) in [4.78, 5) is 19.1. The van der Waals surface area contributed by atoms with Gasteiger partial charge in [0.2, 0.25) is 11.0 Å². The molecule has 134 valence electrons. The van der Waals surface area contributed by atoms with Gasteiger partial charge in [-0.25, -0.2) is 9.37 Å². The molecule has 2 aromatic rings. The molecule has 1 atom stereocenters. The lowest BCUT2D eigenvalue weighted by molar-refractivity contribution is -0.122. The Hall–Kier alpha value is -1.90. The van der Waals surface area contributed by atoms with Gasteiger partial charge >= 0.3 is 0 Å². The lowest BCUT2D eigenvalue weighted by Gasteiger charge is -2.34. The monoisotopic (exact) mass is 364 g/mol. The van der Waals surface area contributed by atoms with Gasteiger partial charge in [-0.3, -0.25) is 15.0 Å². The van der Waals surface area contributed by atoms with Crippen LogP contribution in [-0.4, -0.2) is 39.9 Å². The van der Waals surface area contributed by atoms with Crippen molar-refractivity contribution in [2.75, 3.05) is 19.0 Å². The SMILES string of the molecule is COCc1nsc(NC(=O)C2CCCCN2Cc2ccc(F)cc2)n1. The van der Waals surface area contributed by atoms with Crippen LogP contribution in [0.1, 0.15) is 30.7 Å². The Balaban J connectivity index is 1.64. The van der Waals surface area contributed by atoms with Crippen LogP contribution >= 0.6 is 11.5 Å². The van der Waals surface area contributed by atoms with Crippen LogP contribution in [-0.2, 0) is 22.7 Å². The third-order valence-electron chi connectivity index (χ3n) is 4.19. The van der Waals surface area contributed by atoms with E-state index >= 15 is 0 Å². The number of hydrogen-bond donors (Lipinski definition) is 1. The molecule has 0 radical (unpaired) electrons. The summed E-state index contributed by atoms with van der Waals surface area (Å²) in [5, 5.41) is 3.35. The molecule has 2 heterocycles. The summed E-state index contributed by atoms with van der Waals surface area (Å²) in [5.74, 6) is 0.247. The van der Waals surface area contributed by atoms with E-state index in [1.165, 1.54) is 12.1 Å². The molecule has 1 fully saturated rings. The number of rotatable bonds is 6. The van der Waals surface area contributed by atoms with E-state index in [0.717, 1.165) is 42.9 Å². The summed E-state index contributed by atoms with van der Waals surface area (Å²) >= 11 is 1.16. The van der Waals surface area contributed by atoms with E-state index < -0.39 is 0 Å². The standard InChI is InChI=1S/C17H21FN4O2S/c1-24-11-15-19-17(25-21-15)20-16(23)14-4-2-3-9-22(14)10-12-5-7-13(18)8-6-12/h5-8,14H,2-4,9-11H2,1H3,(H,19,20,21,23). The first-order valence-electron chi connectivity index (χ1n) is 8.26. The number of methoxy groups -OCH3 is 1. The van der Waals surface area contributed by atoms with Gasteiger partial charge in [-0.1, -0.05) is 18.6 Å². The Labute approximate surface area is 150 Å². The van der Waals surface area contributed by atoms with Gasteiger partial charge in [0.1, 0.15) is 12.4 Å². The number of ether oxygens (including phenoxy) is 1. The average Bonchev–Trinajstić information content (AvgIpc) is 3.05. The van der Waals surface area contributed by atoms with Gasteiger partial charge in [-0.2, -0.15) is 4.37 Å². The first-order chi connectivity index (χ1) is 12.2. The van der Waals surface area contributed by atoms with Crippen LogP contribution < -0.4 is 5.32 Å². The molecule has 1 N–H and O–H groups in total. The third kappa shape index (κ3) is 4.81. The molecule has 1 saturated heterocycles. The van der Waals surface area contributed by atoms with Crippen LogP contribution in [0, 0.1) is 5.82 Å². The Morgan fingerprint density at radius 3 is 2.96 bits per heavy atom. The molecule has 8 heteroatoms. The lowest BCUT2D eigenvalue weighted by Crippen LogP contribution is -2.46. The second-order valence-electron chi connectivity index (χ2n) is 6.05. The highest BCUT2D eigenvalue weighted by Gasteiger charge is 2.29. The third-order valence-corrected chi connectivity index (χ3v) is 4.86. The molecule has 0 bridgehead atoms. The number of nitrogens with one attached hydrogen (secondary N) is 1. The Bertz CT molecular complexity index is 707. The summed E-state index contributed by atoms with van der Waals surface area (Å²) in [7, 11) is 1.58. The fourth-order valence-electron chi connectivity index (χ4n) is 2.98. The molecule has 1 unspecified atom stereocenters. The summed E-state index contributed by atoms with van der Waals surface area (Å²) in [6, 6.07) is 6.22. The van der Waals surface area contributed by atoms with E-state index in [2.05, 4.69) is 19.6 Å². The molecule has 0 spiro atoms. The maximum atomic E-state index is 13.1. The second kappa shape index (κ2) is 8.46. The minimum Gasteiger partial charge on any atom is -0.377 e. The molecule has 0 saturated carbocycles. The van der Waals surface area contributed by atoms with E-state index in [1.54, 1.807) is 19.2 Å². The first-order valence-corrected chi connectivity index (χ1v) is 9.04. The number of halogens is 1. The predicted octanol–water partition coefficient (Wildman–Crippen LogP) is 2.82. The number of piperidine rings is 1. The number of anilines is 1. The number of benzene rings is 1. The van der Waals surface area contributed by atoms with Gasteiger partial charge in [0.15, 0.2) is 5.82 Å².